The number of nitrogens with zero attached hydrogens (tertiary/aromatic N) is 3. The molecule has 1 saturated heterocycles. The highest BCUT2D eigenvalue weighted by Crippen LogP contribution is 2.29. The lowest BCUT2D eigenvalue weighted by atomic mass is 10.1. The maximum absolute atomic E-state index is 12.9. The van der Waals surface area contributed by atoms with E-state index < -0.39 is 5.25 Å². The molecule has 1 N–H and O–H groups in total. The average Bonchev–Trinajstić information content (AvgIpc) is 3.11. The van der Waals surface area contributed by atoms with E-state index in [1.165, 1.54) is 16.8 Å². The first-order valence-electron chi connectivity index (χ1n) is 10.0. The Morgan fingerprint density at radius 3 is 2.62 bits per heavy atom. The summed E-state index contributed by atoms with van der Waals surface area (Å²) in [4.78, 5) is 29.4. The van der Waals surface area contributed by atoms with Crippen LogP contribution in [-0.4, -0.2) is 40.5 Å². The highest BCUT2D eigenvalue weighted by Gasteiger charge is 2.39. The molecule has 0 spiro atoms. The van der Waals surface area contributed by atoms with Crippen molar-refractivity contribution in [2.75, 3.05) is 7.05 Å². The molecule has 8 heteroatoms. The lowest BCUT2D eigenvalue weighted by molar-refractivity contribution is -0.129. The Balaban J connectivity index is 1.39. The smallest absolute Gasteiger partial charge is 0.263 e. The molecule has 4 rings (SSSR count). The fraction of sp³-hybridized carbons (Fsp3) is 0.167. The number of hydrazone groups is 1. The number of rotatable bonds is 6. The minimum absolute atomic E-state index is 0.0537. The van der Waals surface area contributed by atoms with Gasteiger partial charge < -0.3 is 5.32 Å². The van der Waals surface area contributed by atoms with Crippen molar-refractivity contribution in [3.8, 4) is 0 Å². The molecular weight excluding hydrogens is 444 g/mol. The number of benzene rings is 3. The third kappa shape index (κ3) is 5.18. The molecule has 1 heterocycles. The highest BCUT2D eigenvalue weighted by molar-refractivity contribution is 8.15. The third-order valence-corrected chi connectivity index (χ3v) is 6.44. The molecule has 0 bridgehead atoms. The summed E-state index contributed by atoms with van der Waals surface area (Å²) in [5, 5.41) is 11.3. The Bertz CT molecular complexity index is 1210. The SMILES string of the molecule is CN=C1S[C@@H](CC(=O)NCc2ccc(Cl)cc2)C(=O)N1/N=C\c1ccc2ccccc2c1. The molecule has 1 aliphatic rings. The van der Waals surface area contributed by atoms with Gasteiger partial charge >= 0.3 is 0 Å². The van der Waals surface area contributed by atoms with E-state index in [1.807, 2.05) is 54.6 Å². The third-order valence-electron chi connectivity index (χ3n) is 4.97. The number of hydrogen-bond acceptors (Lipinski definition) is 5. The second-order valence-electron chi connectivity index (χ2n) is 7.22. The van der Waals surface area contributed by atoms with Crippen molar-refractivity contribution in [2.45, 2.75) is 18.2 Å². The van der Waals surface area contributed by atoms with Gasteiger partial charge in [0.25, 0.3) is 5.91 Å². The van der Waals surface area contributed by atoms with Gasteiger partial charge in [-0.1, -0.05) is 71.9 Å². The van der Waals surface area contributed by atoms with Crippen molar-refractivity contribution in [2.24, 2.45) is 10.1 Å². The largest absolute Gasteiger partial charge is 0.352 e. The van der Waals surface area contributed by atoms with Crippen molar-refractivity contribution < 1.29 is 9.59 Å². The van der Waals surface area contributed by atoms with Gasteiger partial charge in [0, 0.05) is 25.0 Å². The Morgan fingerprint density at radius 1 is 1.12 bits per heavy atom. The van der Waals surface area contributed by atoms with E-state index in [-0.39, 0.29) is 18.2 Å². The fourth-order valence-electron chi connectivity index (χ4n) is 3.30. The Morgan fingerprint density at radius 2 is 1.88 bits per heavy atom. The summed E-state index contributed by atoms with van der Waals surface area (Å²) in [5.74, 6) is -0.462. The predicted octanol–water partition coefficient (Wildman–Crippen LogP) is 4.46. The van der Waals surface area contributed by atoms with E-state index in [2.05, 4.69) is 15.4 Å². The lowest BCUT2D eigenvalue weighted by Gasteiger charge is -2.10. The summed E-state index contributed by atoms with van der Waals surface area (Å²) < 4.78 is 0. The molecule has 1 aliphatic heterocycles. The molecule has 1 fully saturated rings. The summed E-state index contributed by atoms with van der Waals surface area (Å²) >= 11 is 7.13. The predicted molar refractivity (Wildman–Crippen MR) is 131 cm³/mol. The van der Waals surface area contributed by atoms with Gasteiger partial charge in [-0.25, -0.2) is 0 Å². The van der Waals surface area contributed by atoms with Gasteiger partial charge in [-0.05, 0) is 40.1 Å². The van der Waals surface area contributed by atoms with Crippen molar-refractivity contribution in [1.82, 2.24) is 10.3 Å². The van der Waals surface area contributed by atoms with Crippen LogP contribution in [0.1, 0.15) is 17.5 Å². The first-order chi connectivity index (χ1) is 15.5. The number of halogens is 1. The Labute approximate surface area is 195 Å². The highest BCUT2D eigenvalue weighted by atomic mass is 35.5. The molecule has 1 atom stereocenters. The van der Waals surface area contributed by atoms with Crippen molar-refractivity contribution in [1.29, 1.82) is 0 Å². The lowest BCUT2D eigenvalue weighted by Crippen LogP contribution is -2.32. The zero-order chi connectivity index (χ0) is 22.5. The molecule has 3 aromatic rings. The molecule has 0 saturated carbocycles. The Kier molecular flexibility index (Phi) is 6.87. The summed E-state index contributed by atoms with van der Waals surface area (Å²) in [5.41, 5.74) is 1.81. The second-order valence-corrected chi connectivity index (χ2v) is 8.83. The zero-order valence-corrected chi connectivity index (χ0v) is 18.9. The second kappa shape index (κ2) is 9.97. The van der Waals surface area contributed by atoms with Gasteiger partial charge in [-0.15, -0.1) is 0 Å². The van der Waals surface area contributed by atoms with Crippen LogP contribution in [0.2, 0.25) is 5.02 Å². The molecule has 2 amide bonds. The van der Waals surface area contributed by atoms with Crippen LogP contribution in [0.25, 0.3) is 10.8 Å². The quantitative estimate of drug-likeness (QED) is 0.547. The first-order valence-corrected chi connectivity index (χ1v) is 11.3. The minimum Gasteiger partial charge on any atom is -0.352 e. The van der Waals surface area contributed by atoms with Gasteiger partial charge in [0.2, 0.25) is 5.91 Å². The molecule has 162 valence electrons. The molecule has 32 heavy (non-hydrogen) atoms. The standard InChI is InChI=1S/C24H21ClN4O2S/c1-26-24-29(28-15-17-6-9-18-4-2-3-5-19(18)12-17)23(31)21(32-24)13-22(30)27-14-16-7-10-20(25)11-8-16/h2-12,15,21H,13-14H2,1H3,(H,27,30)/b26-24?,28-15-/t21-/m0/s1. The van der Waals surface area contributed by atoms with Crippen LogP contribution in [-0.2, 0) is 16.1 Å². The van der Waals surface area contributed by atoms with Crippen LogP contribution in [0.15, 0.2) is 76.8 Å². The number of fused-ring (bicyclic) bond motifs is 1. The Hall–Kier alpha value is -3.16. The maximum atomic E-state index is 12.9. The van der Waals surface area contributed by atoms with E-state index in [1.54, 1.807) is 25.4 Å². The van der Waals surface area contributed by atoms with Gasteiger partial charge in [-0.3, -0.25) is 14.6 Å². The van der Waals surface area contributed by atoms with Crippen LogP contribution in [0.5, 0.6) is 0 Å². The molecular formula is C24H21ClN4O2S. The van der Waals surface area contributed by atoms with Crippen molar-refractivity contribution >= 4 is 57.3 Å². The maximum Gasteiger partial charge on any atom is 0.263 e. The van der Waals surface area contributed by atoms with E-state index in [0.29, 0.717) is 16.7 Å². The van der Waals surface area contributed by atoms with Crippen LogP contribution in [0.3, 0.4) is 0 Å². The number of carbonyl (C=O) groups excluding carboxylic acids is 2. The van der Waals surface area contributed by atoms with Crippen LogP contribution >= 0.6 is 23.4 Å². The van der Waals surface area contributed by atoms with Crippen molar-refractivity contribution in [3.63, 3.8) is 0 Å². The van der Waals surface area contributed by atoms with Gasteiger partial charge in [-0.2, -0.15) is 10.1 Å². The molecule has 6 nitrogen and oxygen atoms in total. The molecule has 0 radical (unpaired) electrons. The summed E-state index contributed by atoms with van der Waals surface area (Å²) in [7, 11) is 1.61. The molecule has 0 aromatic heterocycles. The summed E-state index contributed by atoms with van der Waals surface area (Å²) in [6, 6.07) is 21.3. The average molecular weight is 465 g/mol. The number of carbonyl (C=O) groups is 2. The number of hydrogen-bond donors (Lipinski definition) is 1. The molecule has 3 aromatic carbocycles. The van der Waals surface area contributed by atoms with Crippen LogP contribution in [0.4, 0.5) is 0 Å². The van der Waals surface area contributed by atoms with Crippen molar-refractivity contribution in [3.05, 3.63) is 82.9 Å². The molecule has 0 aliphatic carbocycles. The van der Waals surface area contributed by atoms with Crippen LogP contribution < -0.4 is 5.32 Å². The van der Waals surface area contributed by atoms with Crippen LogP contribution in [0, 0.1) is 0 Å². The number of amidine groups is 1. The van der Waals surface area contributed by atoms with E-state index in [0.717, 1.165) is 21.9 Å². The fourth-order valence-corrected chi connectivity index (χ4v) is 4.46. The minimum atomic E-state index is -0.562. The summed E-state index contributed by atoms with van der Waals surface area (Å²) in [6.45, 7) is 0.375. The number of nitrogens with one attached hydrogen (secondary N) is 1. The van der Waals surface area contributed by atoms with E-state index >= 15 is 0 Å². The number of thioether (sulfide) groups is 1. The van der Waals surface area contributed by atoms with Gasteiger partial charge in [0.1, 0.15) is 5.25 Å². The van der Waals surface area contributed by atoms with Gasteiger partial charge in [0.15, 0.2) is 5.17 Å². The molecule has 0 unspecified atom stereocenters. The topological polar surface area (TPSA) is 74.1 Å². The first kappa shape index (κ1) is 22.0. The zero-order valence-electron chi connectivity index (χ0n) is 17.4. The number of amides is 2. The van der Waals surface area contributed by atoms with E-state index in [9.17, 15) is 9.59 Å². The summed E-state index contributed by atoms with van der Waals surface area (Å²) in [6.07, 6.45) is 1.69. The van der Waals surface area contributed by atoms with Gasteiger partial charge in [0.05, 0.1) is 6.21 Å². The normalized spacial score (nSPS) is 17.6. The van der Waals surface area contributed by atoms with E-state index in [4.69, 9.17) is 11.6 Å². The monoisotopic (exact) mass is 464 g/mol. The number of aliphatic imine (C=N–C) groups is 1.